The number of halogens is 1. The van der Waals surface area contributed by atoms with Gasteiger partial charge in [-0.05, 0) is 24.1 Å². The van der Waals surface area contributed by atoms with Crippen molar-refractivity contribution in [2.75, 3.05) is 7.11 Å². The summed E-state index contributed by atoms with van der Waals surface area (Å²) in [6, 6.07) is 9.49. The van der Waals surface area contributed by atoms with Gasteiger partial charge in [-0.3, -0.25) is 9.59 Å². The number of nitrogens with one attached hydrogen (secondary N) is 1. The molecule has 6 nitrogen and oxygen atoms in total. The third-order valence-corrected chi connectivity index (χ3v) is 3.68. The van der Waals surface area contributed by atoms with Crippen molar-refractivity contribution in [2.45, 2.75) is 19.4 Å². The lowest BCUT2D eigenvalue weighted by atomic mass is 9.98. The number of carbonyl (C=O) groups excluding carboxylic acids is 1. The number of aryl methyl sites for hydroxylation is 1. The fourth-order valence-corrected chi connectivity index (χ4v) is 2.54. The molecule has 0 aliphatic carbocycles. The van der Waals surface area contributed by atoms with Gasteiger partial charge in [-0.15, -0.1) is 0 Å². The van der Waals surface area contributed by atoms with Crippen molar-refractivity contribution in [3.63, 3.8) is 0 Å². The summed E-state index contributed by atoms with van der Waals surface area (Å²) in [5, 5.41) is 12.0. The van der Waals surface area contributed by atoms with Crippen LogP contribution in [0.25, 0.3) is 0 Å². The molecule has 0 aliphatic rings. The SMILES string of the molecule is COc1cc(C(=O)N[C@@H](CC(=O)O)c2ccccc2C)cc(Cl)n1. The molecule has 0 unspecified atom stereocenters. The van der Waals surface area contributed by atoms with Gasteiger partial charge in [-0.2, -0.15) is 0 Å². The lowest BCUT2D eigenvalue weighted by Crippen LogP contribution is -2.30. The summed E-state index contributed by atoms with van der Waals surface area (Å²) in [5.74, 6) is -1.25. The van der Waals surface area contributed by atoms with E-state index in [1.807, 2.05) is 19.1 Å². The van der Waals surface area contributed by atoms with Gasteiger partial charge in [0.1, 0.15) is 5.15 Å². The normalized spacial score (nSPS) is 11.6. The molecule has 1 atom stereocenters. The first-order valence-electron chi connectivity index (χ1n) is 7.20. The quantitative estimate of drug-likeness (QED) is 0.783. The van der Waals surface area contributed by atoms with Crippen molar-refractivity contribution >= 4 is 23.5 Å². The van der Waals surface area contributed by atoms with E-state index in [1.165, 1.54) is 19.2 Å². The van der Waals surface area contributed by atoms with Crippen LogP contribution in [-0.2, 0) is 4.79 Å². The molecule has 24 heavy (non-hydrogen) atoms. The van der Waals surface area contributed by atoms with Crippen LogP contribution in [0.4, 0.5) is 0 Å². The second-order valence-electron chi connectivity index (χ2n) is 5.20. The van der Waals surface area contributed by atoms with E-state index in [2.05, 4.69) is 10.3 Å². The maximum atomic E-state index is 12.5. The number of rotatable bonds is 6. The van der Waals surface area contributed by atoms with Crippen molar-refractivity contribution in [1.29, 1.82) is 0 Å². The molecular weight excluding hydrogens is 332 g/mol. The Morgan fingerprint density at radius 1 is 1.33 bits per heavy atom. The maximum Gasteiger partial charge on any atom is 0.305 e. The highest BCUT2D eigenvalue weighted by atomic mass is 35.5. The van der Waals surface area contributed by atoms with Crippen LogP contribution >= 0.6 is 11.6 Å². The minimum absolute atomic E-state index is 0.116. The first kappa shape index (κ1) is 17.7. The van der Waals surface area contributed by atoms with Crippen molar-refractivity contribution in [1.82, 2.24) is 10.3 Å². The standard InChI is InChI=1S/C17H17ClN2O4/c1-10-5-3-4-6-12(10)13(9-16(21)22)19-17(23)11-7-14(18)20-15(8-11)24-2/h3-8,13H,9H2,1-2H3,(H,19,23)(H,21,22)/t13-/m0/s1. The van der Waals surface area contributed by atoms with Crippen LogP contribution in [0.15, 0.2) is 36.4 Å². The van der Waals surface area contributed by atoms with Crippen LogP contribution in [0.5, 0.6) is 5.88 Å². The molecule has 2 N–H and O–H groups in total. The number of carbonyl (C=O) groups is 2. The van der Waals surface area contributed by atoms with Gasteiger partial charge in [-0.1, -0.05) is 35.9 Å². The fourth-order valence-electron chi connectivity index (χ4n) is 2.34. The van der Waals surface area contributed by atoms with Gasteiger partial charge < -0.3 is 15.2 Å². The highest BCUT2D eigenvalue weighted by Crippen LogP contribution is 2.22. The molecule has 0 spiro atoms. The van der Waals surface area contributed by atoms with E-state index in [9.17, 15) is 9.59 Å². The van der Waals surface area contributed by atoms with Crippen LogP contribution in [0.3, 0.4) is 0 Å². The van der Waals surface area contributed by atoms with Crippen molar-refractivity contribution in [3.8, 4) is 5.88 Å². The Morgan fingerprint density at radius 3 is 2.67 bits per heavy atom. The number of hydrogen-bond donors (Lipinski definition) is 2. The van der Waals surface area contributed by atoms with Gasteiger partial charge in [0.25, 0.3) is 5.91 Å². The highest BCUT2D eigenvalue weighted by molar-refractivity contribution is 6.29. The van der Waals surface area contributed by atoms with Gasteiger partial charge in [-0.25, -0.2) is 4.98 Å². The Bertz CT molecular complexity index is 764. The Morgan fingerprint density at radius 2 is 2.04 bits per heavy atom. The summed E-state index contributed by atoms with van der Waals surface area (Å²) in [4.78, 5) is 27.6. The van der Waals surface area contributed by atoms with Crippen LogP contribution < -0.4 is 10.1 Å². The highest BCUT2D eigenvalue weighted by Gasteiger charge is 2.21. The van der Waals surface area contributed by atoms with Crippen LogP contribution in [-0.4, -0.2) is 29.1 Å². The molecule has 0 radical (unpaired) electrons. The molecule has 126 valence electrons. The largest absolute Gasteiger partial charge is 0.481 e. The molecule has 0 saturated heterocycles. The summed E-state index contributed by atoms with van der Waals surface area (Å²) in [5.41, 5.74) is 1.89. The molecule has 1 aromatic heterocycles. The van der Waals surface area contributed by atoms with Crippen LogP contribution in [0, 0.1) is 6.92 Å². The number of hydrogen-bond acceptors (Lipinski definition) is 4. The molecule has 7 heteroatoms. The molecular formula is C17H17ClN2O4. The van der Waals surface area contributed by atoms with Gasteiger partial charge in [0, 0.05) is 11.6 Å². The summed E-state index contributed by atoms with van der Waals surface area (Å²) >= 11 is 5.87. The number of carboxylic acid groups (broad SMARTS) is 1. The Balaban J connectivity index is 2.29. The average molecular weight is 349 g/mol. The lowest BCUT2D eigenvalue weighted by Gasteiger charge is -2.19. The summed E-state index contributed by atoms with van der Waals surface area (Å²) in [7, 11) is 1.42. The molecule has 2 aromatic rings. The number of ether oxygens (including phenoxy) is 1. The zero-order valence-corrected chi connectivity index (χ0v) is 14.0. The van der Waals surface area contributed by atoms with Crippen LogP contribution in [0.2, 0.25) is 5.15 Å². The Labute approximate surface area is 144 Å². The number of nitrogens with zero attached hydrogens (tertiary/aromatic N) is 1. The van der Waals surface area contributed by atoms with Gasteiger partial charge in [0.2, 0.25) is 5.88 Å². The topological polar surface area (TPSA) is 88.5 Å². The Kier molecular flexibility index (Phi) is 5.76. The van der Waals surface area contributed by atoms with E-state index in [4.69, 9.17) is 21.4 Å². The third-order valence-electron chi connectivity index (χ3n) is 3.49. The fraction of sp³-hybridized carbons (Fsp3) is 0.235. The van der Waals surface area contributed by atoms with E-state index >= 15 is 0 Å². The van der Waals surface area contributed by atoms with Gasteiger partial charge in [0.15, 0.2) is 0 Å². The molecule has 1 amide bonds. The Hall–Kier alpha value is -2.60. The zero-order chi connectivity index (χ0) is 17.7. The lowest BCUT2D eigenvalue weighted by molar-refractivity contribution is -0.137. The van der Waals surface area contributed by atoms with E-state index in [0.717, 1.165) is 11.1 Å². The first-order chi connectivity index (χ1) is 11.4. The van der Waals surface area contributed by atoms with Crippen molar-refractivity contribution in [3.05, 3.63) is 58.2 Å². The van der Waals surface area contributed by atoms with Crippen molar-refractivity contribution < 1.29 is 19.4 Å². The van der Waals surface area contributed by atoms with E-state index in [0.29, 0.717) is 0 Å². The van der Waals surface area contributed by atoms with Crippen molar-refractivity contribution in [2.24, 2.45) is 0 Å². The molecule has 0 saturated carbocycles. The third kappa shape index (κ3) is 4.45. The second-order valence-corrected chi connectivity index (χ2v) is 5.59. The monoisotopic (exact) mass is 348 g/mol. The molecule has 0 bridgehead atoms. The van der Waals surface area contributed by atoms with Gasteiger partial charge in [0.05, 0.1) is 19.6 Å². The van der Waals surface area contributed by atoms with E-state index in [1.54, 1.807) is 12.1 Å². The molecule has 1 heterocycles. The number of carboxylic acids is 1. The average Bonchev–Trinajstić information content (AvgIpc) is 2.53. The number of amides is 1. The van der Waals surface area contributed by atoms with Gasteiger partial charge >= 0.3 is 5.97 Å². The predicted octanol–water partition coefficient (Wildman–Crippen LogP) is 3.00. The first-order valence-corrected chi connectivity index (χ1v) is 7.58. The summed E-state index contributed by atoms with van der Waals surface area (Å²) in [6.45, 7) is 1.86. The smallest absolute Gasteiger partial charge is 0.305 e. The predicted molar refractivity (Wildman–Crippen MR) is 89.4 cm³/mol. The number of aliphatic carboxylic acids is 1. The molecule has 0 aliphatic heterocycles. The number of benzene rings is 1. The van der Waals surface area contributed by atoms with Crippen LogP contribution in [0.1, 0.15) is 33.9 Å². The minimum Gasteiger partial charge on any atom is -0.481 e. The number of aromatic nitrogens is 1. The minimum atomic E-state index is -1.01. The molecule has 2 rings (SSSR count). The number of pyridine rings is 1. The van der Waals surface area contributed by atoms with E-state index in [-0.39, 0.29) is 23.0 Å². The summed E-state index contributed by atoms with van der Waals surface area (Å²) < 4.78 is 4.99. The summed E-state index contributed by atoms with van der Waals surface area (Å²) in [6.07, 6.45) is -0.230. The maximum absolute atomic E-state index is 12.5. The second kappa shape index (κ2) is 7.79. The molecule has 1 aromatic carbocycles. The van der Waals surface area contributed by atoms with E-state index < -0.39 is 17.9 Å². The zero-order valence-electron chi connectivity index (χ0n) is 13.2. The molecule has 0 fully saturated rings. The number of methoxy groups -OCH3 is 1.